The summed E-state index contributed by atoms with van der Waals surface area (Å²) in [5.41, 5.74) is 0.808. The van der Waals surface area contributed by atoms with Crippen molar-refractivity contribution in [3.05, 3.63) is 57.6 Å². The zero-order chi connectivity index (χ0) is 19.4. The Morgan fingerprint density at radius 2 is 1.52 bits per heavy atom. The molecule has 0 N–H and O–H groups in total. The van der Waals surface area contributed by atoms with Crippen LogP contribution in [0, 0.1) is 46.0 Å². The maximum absolute atomic E-state index is 5.68. The van der Waals surface area contributed by atoms with Gasteiger partial charge in [-0.1, -0.05) is 89.5 Å². The SMILES string of the molecule is CC1C(C)C([Si](C)([N-]C(C)(C)C)c2ccccc2)C2SC3CCCCC3C12.[CH3-].[CH3-].[CH3-].[Ti+4]. The summed E-state index contributed by atoms with van der Waals surface area (Å²) in [6.45, 7) is 14.7. The maximum atomic E-state index is 5.68. The molecule has 1 aliphatic heterocycles. The fourth-order valence-electron chi connectivity index (χ4n) is 6.90. The molecule has 8 atom stereocenters. The van der Waals surface area contributed by atoms with Crippen molar-refractivity contribution >= 4 is 25.2 Å². The predicted octanol–water partition coefficient (Wildman–Crippen LogP) is 7.94. The Morgan fingerprint density at radius 1 is 0.935 bits per heavy atom. The van der Waals surface area contributed by atoms with E-state index in [2.05, 4.69) is 83.3 Å². The van der Waals surface area contributed by atoms with Crippen LogP contribution in [0.15, 0.2) is 30.3 Å². The molecule has 3 fully saturated rings. The Labute approximate surface area is 215 Å². The molecule has 1 saturated heterocycles. The van der Waals surface area contributed by atoms with Gasteiger partial charge in [-0.05, 0) is 50.3 Å². The molecule has 0 bridgehead atoms. The van der Waals surface area contributed by atoms with Crippen molar-refractivity contribution in [1.82, 2.24) is 0 Å². The Kier molecular flexibility index (Phi) is 11.9. The smallest absolute Gasteiger partial charge is 0.656 e. The molecule has 1 nitrogen and oxygen atoms in total. The molecule has 4 heteroatoms. The van der Waals surface area contributed by atoms with Crippen LogP contribution >= 0.6 is 11.8 Å². The number of benzene rings is 1. The van der Waals surface area contributed by atoms with Gasteiger partial charge in [0.2, 0.25) is 0 Å². The Morgan fingerprint density at radius 3 is 2.10 bits per heavy atom. The molecule has 1 aromatic rings. The number of thioether (sulfide) groups is 1. The van der Waals surface area contributed by atoms with Crippen molar-refractivity contribution in [3.63, 3.8) is 0 Å². The van der Waals surface area contributed by atoms with E-state index in [0.717, 1.165) is 39.7 Å². The van der Waals surface area contributed by atoms with E-state index in [4.69, 9.17) is 4.98 Å². The van der Waals surface area contributed by atoms with E-state index in [9.17, 15) is 0 Å². The number of fused-ring (bicyclic) bond motifs is 3. The van der Waals surface area contributed by atoms with Crippen molar-refractivity contribution in [1.29, 1.82) is 0 Å². The first-order valence-corrected chi connectivity index (χ1v) is 14.6. The predicted molar refractivity (Wildman–Crippen MR) is 143 cm³/mol. The molecular weight excluding hydrogens is 446 g/mol. The zero-order valence-corrected chi connectivity index (χ0v) is 25.0. The second kappa shape index (κ2) is 11.7. The van der Waals surface area contributed by atoms with Gasteiger partial charge in [-0.2, -0.15) is 11.8 Å². The van der Waals surface area contributed by atoms with Gasteiger partial charge in [0.15, 0.2) is 0 Å². The van der Waals surface area contributed by atoms with E-state index >= 15 is 0 Å². The van der Waals surface area contributed by atoms with E-state index in [-0.39, 0.29) is 49.5 Å². The number of hydrogen-bond acceptors (Lipinski definition) is 1. The summed E-state index contributed by atoms with van der Waals surface area (Å²) in [7, 11) is -1.98. The Hall–Kier alpha value is 0.461. The third-order valence-corrected chi connectivity index (χ3v) is 14.8. The second-order valence-electron chi connectivity index (χ2n) is 10.7. The second-order valence-corrected chi connectivity index (χ2v) is 15.9. The Balaban J connectivity index is 0.00000225. The normalized spacial score (nSPS) is 35.7. The van der Waals surface area contributed by atoms with Crippen LogP contribution in [0.2, 0.25) is 12.1 Å². The van der Waals surface area contributed by atoms with Gasteiger partial charge in [0.25, 0.3) is 0 Å². The first-order chi connectivity index (χ1) is 12.7. The first kappa shape index (κ1) is 31.5. The van der Waals surface area contributed by atoms with Crippen LogP contribution in [0.25, 0.3) is 4.98 Å². The van der Waals surface area contributed by atoms with Gasteiger partial charge in [-0.15, -0.1) is 5.54 Å². The van der Waals surface area contributed by atoms with Crippen molar-refractivity contribution in [2.45, 2.75) is 88.4 Å². The van der Waals surface area contributed by atoms with Gasteiger partial charge >= 0.3 is 21.7 Å². The summed E-state index contributed by atoms with van der Waals surface area (Å²) in [6, 6.07) is 11.4. The monoisotopic (exact) mass is 493 g/mol. The summed E-state index contributed by atoms with van der Waals surface area (Å²) in [6.07, 6.45) is 5.89. The van der Waals surface area contributed by atoms with Gasteiger partial charge in [-0.25, -0.2) is 0 Å². The molecule has 31 heavy (non-hydrogen) atoms. The van der Waals surface area contributed by atoms with Gasteiger partial charge in [0, 0.05) is 10.5 Å². The molecule has 1 heterocycles. The molecule has 2 saturated carbocycles. The minimum atomic E-state index is -1.98. The van der Waals surface area contributed by atoms with Crippen molar-refractivity contribution in [2.24, 2.45) is 23.7 Å². The fourth-order valence-corrected chi connectivity index (χ4v) is 15.3. The Bertz CT molecular complexity index is 663. The molecule has 8 unspecified atom stereocenters. The quantitative estimate of drug-likeness (QED) is 0.308. The van der Waals surface area contributed by atoms with Gasteiger partial charge in [-0.3, -0.25) is 0 Å². The van der Waals surface area contributed by atoms with E-state index in [1.54, 1.807) is 5.19 Å². The van der Waals surface area contributed by atoms with Crippen LogP contribution in [0.1, 0.15) is 60.3 Å². The first-order valence-electron chi connectivity index (χ1n) is 11.2. The van der Waals surface area contributed by atoms with Gasteiger partial charge in [0.1, 0.15) is 0 Å². The number of nitrogens with zero attached hydrogens (tertiary/aromatic N) is 1. The van der Waals surface area contributed by atoms with Gasteiger partial charge in [0.05, 0.1) is 0 Å². The standard InChI is InChI=1S/C24H38NSSi.3CH3.Ti/c1-16-17(2)23(22-21(16)19-14-10-11-15-20(19)26-22)27(6,25-24(3,4)5)18-12-8-7-9-13-18;;;;/h7-9,12-13,16-17,19-23H,10-11,14-15H2,1-6H3;3*1H3;/q4*-1;+4. The fraction of sp³-hybridized carbons (Fsp3) is 0.667. The third-order valence-electron chi connectivity index (χ3n) is 7.89. The molecule has 1 aromatic carbocycles. The minimum Gasteiger partial charge on any atom is -0.656 e. The van der Waals surface area contributed by atoms with Gasteiger partial charge < -0.3 is 27.3 Å². The minimum absolute atomic E-state index is 0. The van der Waals surface area contributed by atoms with Crippen LogP contribution in [0.5, 0.6) is 0 Å². The molecule has 174 valence electrons. The molecule has 3 aliphatic rings. The summed E-state index contributed by atoms with van der Waals surface area (Å²) < 4.78 is 0. The van der Waals surface area contributed by atoms with Crippen LogP contribution in [-0.2, 0) is 21.7 Å². The van der Waals surface area contributed by atoms with E-state index < -0.39 is 8.24 Å². The summed E-state index contributed by atoms with van der Waals surface area (Å²) in [4.78, 5) is 5.68. The summed E-state index contributed by atoms with van der Waals surface area (Å²) in [5.74, 6) is 3.57. The van der Waals surface area contributed by atoms with E-state index in [1.165, 1.54) is 25.7 Å². The molecule has 0 radical (unpaired) electrons. The number of rotatable bonds is 3. The van der Waals surface area contributed by atoms with E-state index in [0.29, 0.717) is 0 Å². The third kappa shape index (κ3) is 5.76. The van der Waals surface area contributed by atoms with Crippen LogP contribution in [0.4, 0.5) is 0 Å². The van der Waals surface area contributed by atoms with Crippen molar-refractivity contribution in [3.8, 4) is 0 Å². The average Bonchev–Trinajstić information content (AvgIpc) is 3.09. The van der Waals surface area contributed by atoms with Crippen molar-refractivity contribution in [2.75, 3.05) is 0 Å². The molecule has 2 aliphatic carbocycles. The topological polar surface area (TPSA) is 14.1 Å². The molecule has 0 spiro atoms. The van der Waals surface area contributed by atoms with Crippen LogP contribution < -0.4 is 5.19 Å². The molecular formula is C27H47NSSiTi. The van der Waals surface area contributed by atoms with E-state index in [1.807, 2.05) is 0 Å². The zero-order valence-electron chi connectivity index (χ0n) is 21.6. The number of hydrogen-bond donors (Lipinski definition) is 0. The van der Waals surface area contributed by atoms with Crippen LogP contribution in [0.3, 0.4) is 0 Å². The summed E-state index contributed by atoms with van der Waals surface area (Å²) in [5, 5.41) is 3.33. The summed E-state index contributed by atoms with van der Waals surface area (Å²) >= 11 is 2.40. The molecule has 0 aromatic heterocycles. The molecule has 0 amide bonds. The maximum Gasteiger partial charge on any atom is 4.00 e. The largest absolute Gasteiger partial charge is 4.00 e. The molecule has 4 rings (SSSR count). The van der Waals surface area contributed by atoms with Crippen molar-refractivity contribution < 1.29 is 21.7 Å². The van der Waals surface area contributed by atoms with Crippen LogP contribution in [-0.4, -0.2) is 24.3 Å². The average molecular weight is 494 g/mol.